The lowest BCUT2D eigenvalue weighted by atomic mass is 9.92. The summed E-state index contributed by atoms with van der Waals surface area (Å²) in [7, 11) is 0. The van der Waals surface area contributed by atoms with E-state index >= 15 is 0 Å². The summed E-state index contributed by atoms with van der Waals surface area (Å²) in [5, 5.41) is 0. The lowest BCUT2D eigenvalue weighted by molar-refractivity contribution is 0.455. The molecular weight excluding hydrogens is 132 g/mol. The van der Waals surface area contributed by atoms with Gasteiger partial charge in [0.25, 0.3) is 0 Å². The first-order valence-corrected chi connectivity index (χ1v) is 5.01. The Morgan fingerprint density at radius 2 is 1.73 bits per heavy atom. The van der Waals surface area contributed by atoms with Gasteiger partial charge in [-0.25, -0.2) is 0 Å². The number of hydrogen-bond acceptors (Lipinski definition) is 0. The molecule has 0 N–H and O–H groups in total. The molecule has 0 aromatic heterocycles. The molecule has 0 bridgehead atoms. The summed E-state index contributed by atoms with van der Waals surface area (Å²) >= 11 is 0. The largest absolute Gasteiger partial charge is 0.0654 e. The second-order valence-electron chi connectivity index (χ2n) is 3.83. The molecule has 0 aromatic rings. The van der Waals surface area contributed by atoms with Crippen LogP contribution in [0, 0.1) is 18.3 Å². The maximum atomic E-state index is 2.47. The highest BCUT2D eigenvalue weighted by Crippen LogP contribution is 2.16. The van der Waals surface area contributed by atoms with Crippen molar-refractivity contribution in [2.45, 2.75) is 53.4 Å². The van der Waals surface area contributed by atoms with Gasteiger partial charge in [-0.1, -0.05) is 47.0 Å². The smallest absolute Gasteiger partial charge is 0.0355 e. The van der Waals surface area contributed by atoms with Crippen LogP contribution < -0.4 is 0 Å². The Morgan fingerprint density at radius 1 is 1.09 bits per heavy atom. The van der Waals surface area contributed by atoms with Crippen LogP contribution in [-0.2, 0) is 0 Å². The molecule has 0 aliphatic rings. The Labute approximate surface area is 72.4 Å². The molecule has 0 fully saturated rings. The molecule has 0 heteroatoms. The third kappa shape index (κ3) is 6.40. The summed E-state index contributed by atoms with van der Waals surface area (Å²) < 4.78 is 0. The molecule has 0 aromatic carbocycles. The Hall–Kier alpha value is 0. The fourth-order valence-corrected chi connectivity index (χ4v) is 1.05. The zero-order chi connectivity index (χ0) is 8.69. The maximum absolute atomic E-state index is 2.47. The first-order valence-electron chi connectivity index (χ1n) is 5.01. The summed E-state index contributed by atoms with van der Waals surface area (Å²) in [5.74, 6) is 1.61. The zero-order valence-electron chi connectivity index (χ0n) is 8.56. The van der Waals surface area contributed by atoms with Crippen molar-refractivity contribution >= 4 is 0 Å². The molecule has 0 heterocycles. The molecule has 67 valence electrons. The highest BCUT2D eigenvalue weighted by Gasteiger charge is 2.05. The van der Waals surface area contributed by atoms with E-state index in [-0.39, 0.29) is 0 Å². The Balaban J connectivity index is 3.10. The van der Waals surface area contributed by atoms with Crippen LogP contribution in [0.2, 0.25) is 0 Å². The first kappa shape index (κ1) is 11.0. The van der Waals surface area contributed by atoms with Crippen molar-refractivity contribution in [3.05, 3.63) is 6.42 Å². The highest BCUT2D eigenvalue weighted by molar-refractivity contribution is 4.74. The third-order valence-electron chi connectivity index (χ3n) is 2.40. The van der Waals surface area contributed by atoms with Gasteiger partial charge in [0.2, 0.25) is 0 Å². The van der Waals surface area contributed by atoms with Crippen molar-refractivity contribution in [2.75, 3.05) is 0 Å². The van der Waals surface area contributed by atoms with Crippen LogP contribution in [0.3, 0.4) is 0 Å². The van der Waals surface area contributed by atoms with Crippen LogP contribution >= 0.6 is 0 Å². The third-order valence-corrected chi connectivity index (χ3v) is 2.40. The van der Waals surface area contributed by atoms with E-state index in [2.05, 4.69) is 34.1 Å². The first-order chi connectivity index (χ1) is 5.18. The molecule has 1 radical (unpaired) electrons. The minimum atomic E-state index is 0.798. The van der Waals surface area contributed by atoms with Crippen molar-refractivity contribution < 1.29 is 0 Å². The average molecular weight is 155 g/mol. The van der Waals surface area contributed by atoms with Gasteiger partial charge >= 0.3 is 0 Å². The lowest BCUT2D eigenvalue weighted by Gasteiger charge is -2.14. The molecule has 11 heavy (non-hydrogen) atoms. The molecule has 0 aliphatic heterocycles. The summed E-state index contributed by atoms with van der Waals surface area (Å²) in [5.41, 5.74) is 0. The number of rotatable bonds is 6. The van der Waals surface area contributed by atoms with E-state index < -0.39 is 0 Å². The van der Waals surface area contributed by atoms with Gasteiger partial charge in [0.05, 0.1) is 0 Å². The molecular formula is C11H23. The van der Waals surface area contributed by atoms with Gasteiger partial charge in [-0.05, 0) is 24.7 Å². The number of hydrogen-bond donors (Lipinski definition) is 0. The van der Waals surface area contributed by atoms with Gasteiger partial charge in [-0.3, -0.25) is 0 Å². The number of unbranched alkanes of at least 4 members (excludes halogenated alkanes) is 3. The summed E-state index contributed by atoms with van der Waals surface area (Å²) in [6, 6.07) is 0. The van der Waals surface area contributed by atoms with E-state index in [1.165, 1.54) is 25.7 Å². The highest BCUT2D eigenvalue weighted by atomic mass is 14.1. The standard InChI is InChI=1S/C11H23/c1-5-6-7-8-9-11(4)10(2)3/h9-11H,5-8H2,1-4H3. The summed E-state index contributed by atoms with van der Waals surface area (Å²) in [4.78, 5) is 0. The minimum Gasteiger partial charge on any atom is -0.0654 e. The van der Waals surface area contributed by atoms with Crippen molar-refractivity contribution in [2.24, 2.45) is 11.8 Å². The van der Waals surface area contributed by atoms with E-state index in [0.717, 1.165) is 11.8 Å². The summed E-state index contributed by atoms with van der Waals surface area (Å²) in [6.07, 6.45) is 7.90. The molecule has 0 aliphatic carbocycles. The molecule has 0 nitrogen and oxygen atoms in total. The van der Waals surface area contributed by atoms with Crippen LogP contribution in [0.5, 0.6) is 0 Å². The van der Waals surface area contributed by atoms with Crippen LogP contribution in [0.15, 0.2) is 0 Å². The van der Waals surface area contributed by atoms with Gasteiger partial charge in [-0.2, -0.15) is 0 Å². The Kier molecular flexibility index (Phi) is 6.69. The van der Waals surface area contributed by atoms with Crippen LogP contribution in [-0.4, -0.2) is 0 Å². The maximum Gasteiger partial charge on any atom is -0.0355 e. The molecule has 1 atom stereocenters. The fraction of sp³-hybridized carbons (Fsp3) is 0.909. The molecule has 0 rings (SSSR count). The lowest BCUT2D eigenvalue weighted by Crippen LogP contribution is -2.03. The van der Waals surface area contributed by atoms with Crippen molar-refractivity contribution in [1.82, 2.24) is 0 Å². The Bertz CT molecular complexity index is 74.1. The van der Waals surface area contributed by atoms with E-state index in [9.17, 15) is 0 Å². The van der Waals surface area contributed by atoms with Crippen molar-refractivity contribution in [3.63, 3.8) is 0 Å². The fourth-order valence-electron chi connectivity index (χ4n) is 1.05. The Morgan fingerprint density at radius 3 is 2.18 bits per heavy atom. The monoisotopic (exact) mass is 155 g/mol. The van der Waals surface area contributed by atoms with Gasteiger partial charge < -0.3 is 0 Å². The predicted molar refractivity (Wildman–Crippen MR) is 52.4 cm³/mol. The van der Waals surface area contributed by atoms with Crippen LogP contribution in [0.1, 0.15) is 53.4 Å². The van der Waals surface area contributed by atoms with Gasteiger partial charge in [0, 0.05) is 0 Å². The molecule has 0 spiro atoms. The zero-order valence-corrected chi connectivity index (χ0v) is 8.56. The van der Waals surface area contributed by atoms with Crippen molar-refractivity contribution in [1.29, 1.82) is 0 Å². The van der Waals surface area contributed by atoms with Crippen LogP contribution in [0.25, 0.3) is 0 Å². The minimum absolute atomic E-state index is 0.798. The quantitative estimate of drug-likeness (QED) is 0.507. The van der Waals surface area contributed by atoms with E-state index in [1.807, 2.05) is 0 Å². The van der Waals surface area contributed by atoms with Gasteiger partial charge in [0.1, 0.15) is 0 Å². The SMILES string of the molecule is CCCCC[CH]C(C)C(C)C. The molecule has 0 saturated carbocycles. The van der Waals surface area contributed by atoms with Gasteiger partial charge in [0.15, 0.2) is 0 Å². The second kappa shape index (κ2) is 6.69. The van der Waals surface area contributed by atoms with Gasteiger partial charge in [-0.15, -0.1) is 0 Å². The second-order valence-corrected chi connectivity index (χ2v) is 3.83. The van der Waals surface area contributed by atoms with Crippen molar-refractivity contribution in [3.8, 4) is 0 Å². The average Bonchev–Trinajstić information content (AvgIpc) is 1.97. The molecule has 0 amide bonds. The molecule has 0 saturated heterocycles. The normalized spacial score (nSPS) is 13.9. The topological polar surface area (TPSA) is 0 Å². The summed E-state index contributed by atoms with van der Waals surface area (Å²) in [6.45, 7) is 9.16. The molecule has 1 unspecified atom stereocenters. The van der Waals surface area contributed by atoms with Crippen LogP contribution in [0.4, 0.5) is 0 Å². The van der Waals surface area contributed by atoms with E-state index in [4.69, 9.17) is 0 Å². The van der Waals surface area contributed by atoms with E-state index in [1.54, 1.807) is 0 Å². The predicted octanol–water partition coefficient (Wildman–Crippen LogP) is 4.06. The van der Waals surface area contributed by atoms with E-state index in [0.29, 0.717) is 0 Å².